The van der Waals surface area contributed by atoms with E-state index in [0.29, 0.717) is 5.69 Å². The van der Waals surface area contributed by atoms with Crippen molar-refractivity contribution in [2.24, 2.45) is 0 Å². The summed E-state index contributed by atoms with van der Waals surface area (Å²) in [6.45, 7) is 0. The minimum absolute atomic E-state index is 0.602. The second kappa shape index (κ2) is 6.19. The lowest BCUT2D eigenvalue weighted by Crippen LogP contribution is -2.07. The lowest BCUT2D eigenvalue weighted by molar-refractivity contribution is 0.210. The number of hydrogen-bond acceptors (Lipinski definition) is 1. The minimum atomic E-state index is -1.06. The van der Waals surface area contributed by atoms with E-state index in [4.69, 9.17) is 0 Å². The highest BCUT2D eigenvalue weighted by Gasteiger charge is 2.09. The van der Waals surface area contributed by atoms with Crippen molar-refractivity contribution in [2.45, 2.75) is 0 Å². The minimum Gasteiger partial charge on any atom is -0.465 e. The SMILES string of the molecule is O=C(O)Nc1cccc2cc3ccc4cc5cc6ccccc6cc5cc4c3cc12. The van der Waals surface area contributed by atoms with Gasteiger partial charge in [-0.3, -0.25) is 5.32 Å². The van der Waals surface area contributed by atoms with Crippen LogP contribution in [0.5, 0.6) is 0 Å². The highest BCUT2D eigenvalue weighted by atomic mass is 16.4. The van der Waals surface area contributed by atoms with Crippen molar-refractivity contribution < 1.29 is 9.90 Å². The van der Waals surface area contributed by atoms with Crippen LogP contribution in [0.4, 0.5) is 10.5 Å². The van der Waals surface area contributed by atoms with Crippen LogP contribution in [0.15, 0.2) is 91.0 Å². The lowest BCUT2D eigenvalue weighted by Gasteiger charge is -2.11. The molecule has 0 aliphatic heterocycles. The highest BCUT2D eigenvalue weighted by molar-refractivity contribution is 6.17. The number of anilines is 1. The van der Waals surface area contributed by atoms with Crippen molar-refractivity contribution in [2.75, 3.05) is 5.32 Å². The summed E-state index contributed by atoms with van der Waals surface area (Å²) in [4.78, 5) is 11.2. The Kier molecular flexibility index (Phi) is 3.47. The first kappa shape index (κ1) is 16.8. The van der Waals surface area contributed by atoms with Gasteiger partial charge in [-0.1, -0.05) is 48.5 Å². The van der Waals surface area contributed by atoms with Gasteiger partial charge in [-0.05, 0) is 90.9 Å². The number of benzene rings is 6. The zero-order chi connectivity index (χ0) is 20.2. The van der Waals surface area contributed by atoms with Gasteiger partial charge in [0, 0.05) is 5.39 Å². The molecule has 0 heterocycles. The second-order valence-corrected chi connectivity index (χ2v) is 7.72. The standard InChI is InChI=1S/C27H17NO2/c29-27(30)28-26-7-3-6-18-12-19-8-9-20-13-21-10-16-4-1-2-5-17(16)11-22(21)14-23(20)24(19)15-25(18)26/h1-15,28H,(H,29,30). The molecule has 0 fully saturated rings. The molecule has 1 amide bonds. The summed E-state index contributed by atoms with van der Waals surface area (Å²) < 4.78 is 0. The first-order valence-corrected chi connectivity index (χ1v) is 9.87. The molecule has 0 aliphatic carbocycles. The van der Waals surface area contributed by atoms with Gasteiger partial charge >= 0.3 is 6.09 Å². The number of rotatable bonds is 1. The smallest absolute Gasteiger partial charge is 0.409 e. The molecule has 0 atom stereocenters. The van der Waals surface area contributed by atoms with E-state index < -0.39 is 6.09 Å². The summed E-state index contributed by atoms with van der Waals surface area (Å²) in [5, 5.41) is 23.1. The van der Waals surface area contributed by atoms with E-state index in [9.17, 15) is 9.90 Å². The first-order valence-electron chi connectivity index (χ1n) is 9.87. The monoisotopic (exact) mass is 387 g/mol. The molecule has 0 unspecified atom stereocenters. The number of carbonyl (C=O) groups is 1. The van der Waals surface area contributed by atoms with E-state index in [0.717, 1.165) is 21.5 Å². The average Bonchev–Trinajstić information content (AvgIpc) is 2.75. The van der Waals surface area contributed by atoms with Gasteiger partial charge in [-0.2, -0.15) is 0 Å². The van der Waals surface area contributed by atoms with Gasteiger partial charge in [0.15, 0.2) is 0 Å². The Morgan fingerprint density at radius 3 is 1.77 bits per heavy atom. The zero-order valence-corrected chi connectivity index (χ0v) is 16.0. The molecular weight excluding hydrogens is 370 g/mol. The van der Waals surface area contributed by atoms with Crippen LogP contribution in [0.3, 0.4) is 0 Å². The van der Waals surface area contributed by atoms with Crippen molar-refractivity contribution in [3.63, 3.8) is 0 Å². The highest BCUT2D eigenvalue weighted by Crippen LogP contribution is 2.35. The Morgan fingerprint density at radius 2 is 1.07 bits per heavy atom. The summed E-state index contributed by atoms with van der Waals surface area (Å²) in [5.74, 6) is 0. The van der Waals surface area contributed by atoms with Crippen molar-refractivity contribution in [1.29, 1.82) is 0 Å². The van der Waals surface area contributed by atoms with Gasteiger partial charge in [0.2, 0.25) is 0 Å². The molecule has 142 valence electrons. The number of amides is 1. The predicted octanol–water partition coefficient (Wildman–Crippen LogP) is 7.54. The van der Waals surface area contributed by atoms with Crippen molar-refractivity contribution in [1.82, 2.24) is 0 Å². The Bertz CT molecular complexity index is 1650. The number of nitrogens with one attached hydrogen (secondary N) is 1. The lowest BCUT2D eigenvalue weighted by atomic mass is 9.94. The number of hydrogen-bond donors (Lipinski definition) is 2. The Hall–Kier alpha value is -4.11. The van der Waals surface area contributed by atoms with Crippen molar-refractivity contribution >= 4 is 65.6 Å². The topological polar surface area (TPSA) is 49.3 Å². The molecule has 0 aromatic heterocycles. The fourth-order valence-corrected chi connectivity index (χ4v) is 4.50. The summed E-state index contributed by atoms with van der Waals surface area (Å²) in [5.41, 5.74) is 0.602. The fraction of sp³-hybridized carbons (Fsp3) is 0. The third-order valence-electron chi connectivity index (χ3n) is 5.90. The fourth-order valence-electron chi connectivity index (χ4n) is 4.50. The van der Waals surface area contributed by atoms with Crippen LogP contribution in [-0.2, 0) is 0 Å². The summed E-state index contributed by atoms with van der Waals surface area (Å²) in [6, 6.07) is 31.6. The molecule has 0 saturated heterocycles. The zero-order valence-electron chi connectivity index (χ0n) is 16.0. The molecule has 0 bridgehead atoms. The quantitative estimate of drug-likeness (QED) is 0.226. The van der Waals surface area contributed by atoms with E-state index in [1.54, 1.807) is 6.07 Å². The molecule has 3 nitrogen and oxygen atoms in total. The molecular formula is C27H17NO2. The normalized spacial score (nSPS) is 11.6. The van der Waals surface area contributed by atoms with Crippen LogP contribution >= 0.6 is 0 Å². The summed E-state index contributed by atoms with van der Waals surface area (Å²) in [6.07, 6.45) is -1.06. The molecule has 3 heteroatoms. The van der Waals surface area contributed by atoms with Crippen LogP contribution in [0.25, 0.3) is 53.9 Å². The van der Waals surface area contributed by atoms with Crippen molar-refractivity contribution in [3.8, 4) is 0 Å². The van der Waals surface area contributed by atoms with E-state index in [1.807, 2.05) is 12.1 Å². The van der Waals surface area contributed by atoms with Gasteiger partial charge in [0.25, 0.3) is 0 Å². The summed E-state index contributed by atoms with van der Waals surface area (Å²) >= 11 is 0. The molecule has 2 N–H and O–H groups in total. The van der Waals surface area contributed by atoms with E-state index in [2.05, 4.69) is 78.1 Å². The average molecular weight is 387 g/mol. The molecule has 6 rings (SSSR count). The molecule has 6 aromatic carbocycles. The van der Waals surface area contributed by atoms with Crippen LogP contribution < -0.4 is 5.32 Å². The molecule has 0 saturated carbocycles. The maximum absolute atomic E-state index is 11.2. The van der Waals surface area contributed by atoms with Gasteiger partial charge in [0.1, 0.15) is 0 Å². The van der Waals surface area contributed by atoms with E-state index in [-0.39, 0.29) is 0 Å². The van der Waals surface area contributed by atoms with Crippen molar-refractivity contribution in [3.05, 3.63) is 91.0 Å². The van der Waals surface area contributed by atoms with E-state index in [1.165, 1.54) is 32.3 Å². The predicted molar refractivity (Wildman–Crippen MR) is 126 cm³/mol. The summed E-state index contributed by atoms with van der Waals surface area (Å²) in [7, 11) is 0. The van der Waals surface area contributed by atoms with Crippen LogP contribution in [0.2, 0.25) is 0 Å². The van der Waals surface area contributed by atoms with Crippen LogP contribution in [0, 0.1) is 0 Å². The molecule has 0 aliphatic rings. The second-order valence-electron chi connectivity index (χ2n) is 7.72. The molecule has 0 radical (unpaired) electrons. The third kappa shape index (κ3) is 2.56. The number of fused-ring (bicyclic) bond motifs is 6. The maximum Gasteiger partial charge on any atom is 0.409 e. The molecule has 0 spiro atoms. The first-order chi connectivity index (χ1) is 14.7. The molecule has 6 aromatic rings. The third-order valence-corrected chi connectivity index (χ3v) is 5.90. The maximum atomic E-state index is 11.2. The Labute approximate surface area is 172 Å². The van der Waals surface area contributed by atoms with Crippen LogP contribution in [0.1, 0.15) is 0 Å². The van der Waals surface area contributed by atoms with Crippen LogP contribution in [-0.4, -0.2) is 11.2 Å². The largest absolute Gasteiger partial charge is 0.465 e. The van der Waals surface area contributed by atoms with Gasteiger partial charge < -0.3 is 5.11 Å². The molecule has 30 heavy (non-hydrogen) atoms. The van der Waals surface area contributed by atoms with Gasteiger partial charge in [0.05, 0.1) is 5.69 Å². The Morgan fingerprint density at radius 1 is 0.533 bits per heavy atom. The number of carboxylic acid groups (broad SMARTS) is 1. The van der Waals surface area contributed by atoms with E-state index >= 15 is 0 Å². The Balaban J connectivity index is 1.71. The van der Waals surface area contributed by atoms with Gasteiger partial charge in [-0.15, -0.1) is 0 Å². The van der Waals surface area contributed by atoms with Gasteiger partial charge in [-0.25, -0.2) is 4.79 Å².